The summed E-state index contributed by atoms with van der Waals surface area (Å²) in [4.78, 5) is 5.04. The first-order valence-electron chi connectivity index (χ1n) is 7.75. The van der Waals surface area contributed by atoms with E-state index in [1.807, 2.05) is 0 Å². The summed E-state index contributed by atoms with van der Waals surface area (Å²) >= 11 is 0. The van der Waals surface area contributed by atoms with Crippen LogP contribution >= 0.6 is 0 Å². The number of rotatable bonds is 8. The summed E-state index contributed by atoms with van der Waals surface area (Å²) in [5, 5.41) is 3.48. The van der Waals surface area contributed by atoms with Crippen LogP contribution < -0.4 is 5.32 Å². The van der Waals surface area contributed by atoms with Gasteiger partial charge in [0.15, 0.2) is 0 Å². The van der Waals surface area contributed by atoms with Crippen LogP contribution in [0.3, 0.4) is 0 Å². The Balaban J connectivity index is 2.04. The normalized spacial score (nSPS) is 20.5. The second-order valence-corrected chi connectivity index (χ2v) is 5.97. The van der Waals surface area contributed by atoms with Gasteiger partial charge in [0, 0.05) is 12.1 Å². The van der Waals surface area contributed by atoms with Gasteiger partial charge in [-0.2, -0.15) is 0 Å². The Bertz CT molecular complexity index is 200. The van der Waals surface area contributed by atoms with E-state index in [9.17, 15) is 0 Å². The van der Waals surface area contributed by atoms with Crippen molar-refractivity contribution in [2.45, 2.75) is 58.0 Å². The molecule has 0 bridgehead atoms. The zero-order valence-electron chi connectivity index (χ0n) is 12.9. The Morgan fingerprint density at radius 2 is 1.94 bits per heavy atom. The number of likely N-dealkylation sites (tertiary alicyclic amines) is 1. The molecule has 0 aromatic heterocycles. The molecule has 0 amide bonds. The molecule has 0 spiro atoms. The zero-order chi connectivity index (χ0) is 13.4. The molecular formula is C15H33N3. The zero-order valence-corrected chi connectivity index (χ0v) is 12.9. The van der Waals surface area contributed by atoms with E-state index in [2.05, 4.69) is 43.1 Å². The molecule has 1 atom stereocenters. The van der Waals surface area contributed by atoms with Gasteiger partial charge in [-0.3, -0.25) is 0 Å². The highest BCUT2D eigenvalue weighted by molar-refractivity contribution is 4.76. The molecule has 1 saturated heterocycles. The van der Waals surface area contributed by atoms with E-state index in [4.69, 9.17) is 0 Å². The molecule has 1 fully saturated rings. The number of nitrogens with zero attached hydrogens (tertiary/aromatic N) is 2. The quantitative estimate of drug-likeness (QED) is 0.671. The van der Waals surface area contributed by atoms with E-state index in [0.29, 0.717) is 6.04 Å². The molecule has 18 heavy (non-hydrogen) atoms. The summed E-state index contributed by atoms with van der Waals surface area (Å²) in [7, 11) is 4.54. The molecule has 0 saturated carbocycles. The van der Waals surface area contributed by atoms with Crippen molar-refractivity contribution in [2.24, 2.45) is 0 Å². The molecule has 0 aromatic carbocycles. The minimum Gasteiger partial charge on any atom is -0.315 e. The van der Waals surface area contributed by atoms with Crippen molar-refractivity contribution in [2.75, 3.05) is 40.3 Å². The first-order valence-corrected chi connectivity index (χ1v) is 7.75. The Morgan fingerprint density at radius 1 is 1.28 bits per heavy atom. The second-order valence-electron chi connectivity index (χ2n) is 5.97. The van der Waals surface area contributed by atoms with Crippen LogP contribution in [0.25, 0.3) is 0 Å². The van der Waals surface area contributed by atoms with Crippen molar-refractivity contribution in [3.8, 4) is 0 Å². The van der Waals surface area contributed by atoms with Crippen LogP contribution in [-0.4, -0.2) is 62.2 Å². The molecule has 1 unspecified atom stereocenters. The molecule has 1 heterocycles. The Hall–Kier alpha value is -0.120. The van der Waals surface area contributed by atoms with E-state index in [1.54, 1.807) is 0 Å². The molecule has 1 aliphatic rings. The Morgan fingerprint density at radius 3 is 2.56 bits per heavy atom. The van der Waals surface area contributed by atoms with Gasteiger partial charge in [0.1, 0.15) is 0 Å². The van der Waals surface area contributed by atoms with Crippen molar-refractivity contribution in [1.29, 1.82) is 0 Å². The number of hydrogen-bond donors (Lipinski definition) is 1. The van der Waals surface area contributed by atoms with Gasteiger partial charge in [-0.25, -0.2) is 0 Å². The van der Waals surface area contributed by atoms with Crippen LogP contribution in [0.2, 0.25) is 0 Å². The predicted octanol–water partition coefficient (Wildman–Crippen LogP) is 2.18. The molecule has 3 heteroatoms. The van der Waals surface area contributed by atoms with Crippen molar-refractivity contribution in [1.82, 2.24) is 15.1 Å². The first-order chi connectivity index (χ1) is 8.63. The third kappa shape index (κ3) is 6.17. The average Bonchev–Trinajstić information content (AvgIpc) is 2.35. The SMILES string of the molecule is CCNC(C)CCCCN(C)C1CCN(C)CC1. The standard InChI is InChI=1S/C15H33N3/c1-5-16-14(2)8-6-7-11-18(4)15-9-12-17(3)13-10-15/h14-16H,5-13H2,1-4H3. The van der Waals surface area contributed by atoms with Crippen molar-refractivity contribution in [3.63, 3.8) is 0 Å². The molecule has 0 radical (unpaired) electrons. The smallest absolute Gasteiger partial charge is 0.0117 e. The van der Waals surface area contributed by atoms with Crippen LogP contribution in [0.4, 0.5) is 0 Å². The van der Waals surface area contributed by atoms with Crippen molar-refractivity contribution < 1.29 is 0 Å². The van der Waals surface area contributed by atoms with Gasteiger partial charge in [0.2, 0.25) is 0 Å². The fourth-order valence-electron chi connectivity index (χ4n) is 2.88. The highest BCUT2D eigenvalue weighted by atomic mass is 15.2. The van der Waals surface area contributed by atoms with Gasteiger partial charge in [0.25, 0.3) is 0 Å². The number of unbranched alkanes of at least 4 members (excludes halogenated alkanes) is 1. The summed E-state index contributed by atoms with van der Waals surface area (Å²) in [6, 6.07) is 1.51. The first kappa shape index (κ1) is 15.9. The van der Waals surface area contributed by atoms with Gasteiger partial charge in [0.05, 0.1) is 0 Å². The van der Waals surface area contributed by atoms with Gasteiger partial charge in [-0.05, 0) is 72.9 Å². The van der Waals surface area contributed by atoms with Gasteiger partial charge in [-0.15, -0.1) is 0 Å². The van der Waals surface area contributed by atoms with E-state index < -0.39 is 0 Å². The van der Waals surface area contributed by atoms with Gasteiger partial charge in [-0.1, -0.05) is 13.3 Å². The van der Waals surface area contributed by atoms with E-state index in [1.165, 1.54) is 51.7 Å². The van der Waals surface area contributed by atoms with Crippen molar-refractivity contribution >= 4 is 0 Å². The summed E-state index contributed by atoms with van der Waals surface area (Å²) in [5.41, 5.74) is 0. The Labute approximate surface area is 114 Å². The van der Waals surface area contributed by atoms with Crippen molar-refractivity contribution in [3.05, 3.63) is 0 Å². The molecule has 1 rings (SSSR count). The van der Waals surface area contributed by atoms with Crippen LogP contribution in [0.5, 0.6) is 0 Å². The summed E-state index contributed by atoms with van der Waals surface area (Å²) in [6.07, 6.45) is 6.71. The molecule has 1 N–H and O–H groups in total. The predicted molar refractivity (Wildman–Crippen MR) is 80.1 cm³/mol. The average molecular weight is 255 g/mol. The number of nitrogens with one attached hydrogen (secondary N) is 1. The van der Waals surface area contributed by atoms with Crippen LogP contribution in [-0.2, 0) is 0 Å². The van der Waals surface area contributed by atoms with Gasteiger partial charge < -0.3 is 15.1 Å². The largest absolute Gasteiger partial charge is 0.315 e. The number of hydrogen-bond acceptors (Lipinski definition) is 3. The van der Waals surface area contributed by atoms with E-state index in [-0.39, 0.29) is 0 Å². The molecule has 3 nitrogen and oxygen atoms in total. The lowest BCUT2D eigenvalue weighted by Gasteiger charge is -2.35. The molecule has 0 aromatic rings. The molecule has 1 aliphatic heterocycles. The minimum absolute atomic E-state index is 0.684. The maximum absolute atomic E-state index is 3.48. The lowest BCUT2D eigenvalue weighted by Crippen LogP contribution is -2.42. The summed E-state index contributed by atoms with van der Waals surface area (Å²) in [6.45, 7) is 9.39. The third-order valence-electron chi connectivity index (χ3n) is 4.26. The van der Waals surface area contributed by atoms with Crippen LogP contribution in [0, 0.1) is 0 Å². The van der Waals surface area contributed by atoms with E-state index in [0.717, 1.165) is 12.6 Å². The van der Waals surface area contributed by atoms with Crippen LogP contribution in [0.1, 0.15) is 46.0 Å². The highest BCUT2D eigenvalue weighted by Gasteiger charge is 2.19. The maximum Gasteiger partial charge on any atom is 0.0117 e. The second kappa shape index (κ2) is 8.89. The van der Waals surface area contributed by atoms with E-state index >= 15 is 0 Å². The fourth-order valence-corrected chi connectivity index (χ4v) is 2.88. The van der Waals surface area contributed by atoms with Gasteiger partial charge >= 0.3 is 0 Å². The molecule has 108 valence electrons. The van der Waals surface area contributed by atoms with Crippen LogP contribution in [0.15, 0.2) is 0 Å². The summed E-state index contributed by atoms with van der Waals surface area (Å²) in [5.74, 6) is 0. The third-order valence-corrected chi connectivity index (χ3v) is 4.26. The lowest BCUT2D eigenvalue weighted by molar-refractivity contribution is 0.142. The lowest BCUT2D eigenvalue weighted by atomic mass is 10.0. The monoisotopic (exact) mass is 255 g/mol. The topological polar surface area (TPSA) is 18.5 Å². The minimum atomic E-state index is 0.684. The fraction of sp³-hybridized carbons (Fsp3) is 1.00. The highest BCUT2D eigenvalue weighted by Crippen LogP contribution is 2.14. The Kier molecular flexibility index (Phi) is 7.87. The maximum atomic E-state index is 3.48. The molecular weight excluding hydrogens is 222 g/mol. The molecule has 0 aliphatic carbocycles. The summed E-state index contributed by atoms with van der Waals surface area (Å²) < 4.78 is 0. The number of piperidine rings is 1.